The van der Waals surface area contributed by atoms with Gasteiger partial charge in [0.15, 0.2) is 0 Å². The Balaban J connectivity index is 2.22. The maximum absolute atomic E-state index is 13.5. The van der Waals surface area contributed by atoms with Crippen LogP contribution < -0.4 is 10.6 Å². The first-order valence-electron chi connectivity index (χ1n) is 7.00. The molecule has 1 aromatic rings. The smallest absolute Gasteiger partial charge is 0.123 e. The first kappa shape index (κ1) is 14.7. The zero-order valence-corrected chi connectivity index (χ0v) is 12.5. The lowest BCUT2D eigenvalue weighted by Crippen LogP contribution is -2.37. The molecule has 0 aliphatic carbocycles. The normalized spacial score (nSPS) is 21.5. The molecule has 1 aliphatic heterocycles. The summed E-state index contributed by atoms with van der Waals surface area (Å²) in [6.07, 6.45) is 1.67. The quantitative estimate of drug-likeness (QED) is 0.920. The van der Waals surface area contributed by atoms with Gasteiger partial charge < -0.3 is 10.6 Å². The monoisotopic (exact) mass is 282 g/mol. The maximum atomic E-state index is 13.5. The summed E-state index contributed by atoms with van der Waals surface area (Å²) in [5.74, 6) is 0.971. The fourth-order valence-corrected chi connectivity index (χ4v) is 3.50. The molecule has 1 heterocycles. The second-order valence-electron chi connectivity index (χ2n) is 5.27. The summed E-state index contributed by atoms with van der Waals surface area (Å²) in [6, 6.07) is 5.23. The molecule has 0 amide bonds. The Morgan fingerprint density at radius 3 is 3.00 bits per heavy atom. The lowest BCUT2D eigenvalue weighted by molar-refractivity contribution is 0.612. The molecule has 1 aliphatic rings. The number of nitrogens with two attached hydrogens (primary N) is 1. The van der Waals surface area contributed by atoms with Gasteiger partial charge in [-0.3, -0.25) is 0 Å². The van der Waals surface area contributed by atoms with E-state index < -0.39 is 0 Å². The molecule has 0 saturated carbocycles. The Hall–Kier alpha value is -0.740. The SMILES string of the molecule is CCC(N)Cc1cc(F)ccc1N1CCSC(C)C1. The Bertz CT molecular complexity index is 425. The number of hydrogen-bond acceptors (Lipinski definition) is 3. The fourth-order valence-electron chi connectivity index (χ4n) is 2.49. The molecular formula is C15H23FN2S. The number of anilines is 1. The minimum absolute atomic E-state index is 0.108. The minimum atomic E-state index is -0.165. The molecule has 1 aromatic carbocycles. The zero-order valence-electron chi connectivity index (χ0n) is 11.7. The van der Waals surface area contributed by atoms with E-state index >= 15 is 0 Å². The third kappa shape index (κ3) is 3.86. The van der Waals surface area contributed by atoms with E-state index in [1.807, 2.05) is 17.8 Å². The summed E-state index contributed by atoms with van der Waals surface area (Å²) in [4.78, 5) is 2.37. The molecule has 1 fully saturated rings. The van der Waals surface area contributed by atoms with Crippen molar-refractivity contribution in [2.24, 2.45) is 5.73 Å². The molecule has 1 saturated heterocycles. The van der Waals surface area contributed by atoms with Gasteiger partial charge in [-0.05, 0) is 36.6 Å². The molecule has 2 atom stereocenters. The van der Waals surface area contributed by atoms with Crippen molar-refractivity contribution in [3.05, 3.63) is 29.6 Å². The van der Waals surface area contributed by atoms with E-state index in [1.165, 1.54) is 0 Å². The minimum Gasteiger partial charge on any atom is -0.369 e. The Kier molecular flexibility index (Phi) is 5.11. The average molecular weight is 282 g/mol. The molecule has 2 unspecified atom stereocenters. The molecule has 4 heteroatoms. The van der Waals surface area contributed by atoms with Crippen molar-refractivity contribution < 1.29 is 4.39 Å². The second-order valence-corrected chi connectivity index (χ2v) is 6.82. The van der Waals surface area contributed by atoms with E-state index in [0.29, 0.717) is 5.25 Å². The van der Waals surface area contributed by atoms with E-state index in [4.69, 9.17) is 5.73 Å². The molecule has 2 nitrogen and oxygen atoms in total. The number of halogens is 1. The lowest BCUT2D eigenvalue weighted by atomic mass is 10.0. The van der Waals surface area contributed by atoms with Crippen molar-refractivity contribution in [1.29, 1.82) is 0 Å². The van der Waals surface area contributed by atoms with Crippen LogP contribution in [0.4, 0.5) is 10.1 Å². The number of rotatable bonds is 4. The van der Waals surface area contributed by atoms with Crippen molar-refractivity contribution in [2.75, 3.05) is 23.7 Å². The van der Waals surface area contributed by atoms with Gasteiger partial charge in [-0.2, -0.15) is 11.8 Å². The second kappa shape index (κ2) is 6.62. The molecule has 0 aromatic heterocycles. The number of thioether (sulfide) groups is 1. The van der Waals surface area contributed by atoms with Crippen LogP contribution >= 0.6 is 11.8 Å². The van der Waals surface area contributed by atoms with Gasteiger partial charge in [0, 0.05) is 35.8 Å². The third-order valence-electron chi connectivity index (χ3n) is 3.63. The summed E-state index contributed by atoms with van der Waals surface area (Å²) >= 11 is 2.00. The highest BCUT2D eigenvalue weighted by atomic mass is 32.2. The summed E-state index contributed by atoms with van der Waals surface area (Å²) in [6.45, 7) is 6.39. The van der Waals surface area contributed by atoms with Crippen LogP contribution in [0, 0.1) is 5.82 Å². The van der Waals surface area contributed by atoms with Gasteiger partial charge in [0.1, 0.15) is 5.82 Å². The van der Waals surface area contributed by atoms with Crippen LogP contribution in [0.5, 0.6) is 0 Å². The van der Waals surface area contributed by atoms with Crippen LogP contribution in [-0.2, 0) is 6.42 Å². The van der Waals surface area contributed by atoms with Crippen LogP contribution in [0.1, 0.15) is 25.8 Å². The van der Waals surface area contributed by atoms with Gasteiger partial charge in [0.2, 0.25) is 0 Å². The van der Waals surface area contributed by atoms with Gasteiger partial charge in [0.05, 0.1) is 0 Å². The molecule has 106 valence electrons. The van der Waals surface area contributed by atoms with Crippen LogP contribution in [0.2, 0.25) is 0 Å². The van der Waals surface area contributed by atoms with Crippen molar-refractivity contribution in [3.8, 4) is 0 Å². The highest BCUT2D eigenvalue weighted by Crippen LogP contribution is 2.28. The van der Waals surface area contributed by atoms with Crippen molar-refractivity contribution in [1.82, 2.24) is 0 Å². The average Bonchev–Trinajstić information content (AvgIpc) is 2.38. The predicted octanol–water partition coefficient (Wildman–Crippen LogP) is 3.05. The molecular weight excluding hydrogens is 259 g/mol. The maximum Gasteiger partial charge on any atom is 0.123 e. The van der Waals surface area contributed by atoms with Gasteiger partial charge in [0.25, 0.3) is 0 Å². The Morgan fingerprint density at radius 1 is 1.53 bits per heavy atom. The van der Waals surface area contributed by atoms with Crippen LogP contribution in [0.25, 0.3) is 0 Å². The van der Waals surface area contributed by atoms with E-state index in [2.05, 4.69) is 18.7 Å². The van der Waals surface area contributed by atoms with Crippen LogP contribution in [0.15, 0.2) is 18.2 Å². The molecule has 0 radical (unpaired) electrons. The first-order chi connectivity index (χ1) is 9.10. The lowest BCUT2D eigenvalue weighted by Gasteiger charge is -2.34. The summed E-state index contributed by atoms with van der Waals surface area (Å²) in [5.41, 5.74) is 8.25. The zero-order chi connectivity index (χ0) is 13.8. The number of hydrogen-bond donors (Lipinski definition) is 1. The van der Waals surface area contributed by atoms with E-state index in [9.17, 15) is 4.39 Å². The van der Waals surface area contributed by atoms with Crippen molar-refractivity contribution in [3.63, 3.8) is 0 Å². The Labute approximate surface area is 119 Å². The standard InChI is InChI=1S/C15H23FN2S/c1-3-14(17)9-12-8-13(16)4-5-15(12)18-6-7-19-11(2)10-18/h4-5,8,11,14H,3,6-7,9-10,17H2,1-2H3. The number of nitrogens with zero attached hydrogens (tertiary/aromatic N) is 1. The van der Waals surface area contributed by atoms with Gasteiger partial charge in [-0.25, -0.2) is 4.39 Å². The van der Waals surface area contributed by atoms with Crippen molar-refractivity contribution >= 4 is 17.4 Å². The third-order valence-corrected chi connectivity index (χ3v) is 4.77. The fraction of sp³-hybridized carbons (Fsp3) is 0.600. The van der Waals surface area contributed by atoms with Gasteiger partial charge in [-0.1, -0.05) is 13.8 Å². The molecule has 2 rings (SSSR count). The molecule has 2 N–H and O–H groups in total. The van der Waals surface area contributed by atoms with Gasteiger partial charge in [-0.15, -0.1) is 0 Å². The van der Waals surface area contributed by atoms with E-state index in [-0.39, 0.29) is 11.9 Å². The number of benzene rings is 1. The van der Waals surface area contributed by atoms with Crippen LogP contribution in [-0.4, -0.2) is 30.1 Å². The topological polar surface area (TPSA) is 29.3 Å². The molecule has 0 spiro atoms. The largest absolute Gasteiger partial charge is 0.369 e. The van der Waals surface area contributed by atoms with Crippen LogP contribution in [0.3, 0.4) is 0 Å². The predicted molar refractivity (Wildman–Crippen MR) is 82.5 cm³/mol. The highest BCUT2D eigenvalue weighted by molar-refractivity contribution is 8.00. The van der Waals surface area contributed by atoms with Gasteiger partial charge >= 0.3 is 0 Å². The highest BCUT2D eigenvalue weighted by Gasteiger charge is 2.20. The summed E-state index contributed by atoms with van der Waals surface area (Å²) < 4.78 is 13.5. The molecule has 0 bridgehead atoms. The summed E-state index contributed by atoms with van der Waals surface area (Å²) in [5, 5.41) is 0.631. The van der Waals surface area contributed by atoms with E-state index in [1.54, 1.807) is 12.1 Å². The summed E-state index contributed by atoms with van der Waals surface area (Å²) in [7, 11) is 0. The molecule has 19 heavy (non-hydrogen) atoms. The van der Waals surface area contributed by atoms with Crippen molar-refractivity contribution in [2.45, 2.75) is 38.0 Å². The Morgan fingerprint density at radius 2 is 2.32 bits per heavy atom. The van der Waals surface area contributed by atoms with E-state index in [0.717, 1.165) is 42.9 Å². The first-order valence-corrected chi connectivity index (χ1v) is 8.05.